The lowest BCUT2D eigenvalue weighted by Gasteiger charge is -2.38. The number of carbonyl (C=O) groups excluding carboxylic acids is 2. The van der Waals surface area contributed by atoms with Gasteiger partial charge in [0.2, 0.25) is 11.9 Å². The Labute approximate surface area is 194 Å². The van der Waals surface area contributed by atoms with E-state index >= 15 is 0 Å². The Morgan fingerprint density at radius 1 is 1.03 bits per heavy atom. The van der Waals surface area contributed by atoms with Crippen molar-refractivity contribution >= 4 is 28.9 Å². The number of carbonyl (C=O) groups is 2. The Morgan fingerprint density at radius 2 is 1.79 bits per heavy atom. The number of para-hydroxylation sites is 2. The number of esters is 1. The Bertz CT molecular complexity index is 1120. The van der Waals surface area contributed by atoms with E-state index in [9.17, 15) is 9.59 Å². The summed E-state index contributed by atoms with van der Waals surface area (Å²) in [7, 11) is 0. The van der Waals surface area contributed by atoms with Crippen molar-refractivity contribution in [3.8, 4) is 5.75 Å². The van der Waals surface area contributed by atoms with E-state index in [-0.39, 0.29) is 12.5 Å². The predicted octanol–water partition coefficient (Wildman–Crippen LogP) is 4.74. The molecule has 1 aliphatic rings. The molecule has 2 atom stereocenters. The second-order valence-corrected chi connectivity index (χ2v) is 8.21. The summed E-state index contributed by atoms with van der Waals surface area (Å²) in [4.78, 5) is 33.3. The standard InChI is InChI=1S/C26H31N3O4/c1-4-7-16-28-24(30)22(25(31)32-6-3)23(18-12-14-19(15-13-18)33-17-5-2)29-21-11-9-8-10-20(21)27-26(28)29/h8-15,22-23H,4-7,16-17H2,1-3H3/t22-,23-/m0/s1. The van der Waals surface area contributed by atoms with Crippen LogP contribution in [0.5, 0.6) is 5.75 Å². The summed E-state index contributed by atoms with van der Waals surface area (Å²) in [5, 5.41) is 0. The lowest BCUT2D eigenvalue weighted by molar-refractivity contribution is -0.153. The van der Waals surface area contributed by atoms with Gasteiger partial charge in [0.25, 0.3) is 0 Å². The number of nitrogens with zero attached hydrogens (tertiary/aromatic N) is 3. The van der Waals surface area contributed by atoms with Crippen molar-refractivity contribution in [1.29, 1.82) is 0 Å². The van der Waals surface area contributed by atoms with Crippen molar-refractivity contribution in [2.24, 2.45) is 5.92 Å². The van der Waals surface area contributed by atoms with Gasteiger partial charge >= 0.3 is 5.97 Å². The fraction of sp³-hybridized carbons (Fsp3) is 0.423. The summed E-state index contributed by atoms with van der Waals surface area (Å²) in [6.45, 7) is 7.24. The van der Waals surface area contributed by atoms with Gasteiger partial charge < -0.3 is 14.0 Å². The molecule has 1 aromatic heterocycles. The molecule has 33 heavy (non-hydrogen) atoms. The predicted molar refractivity (Wildman–Crippen MR) is 127 cm³/mol. The Morgan fingerprint density at radius 3 is 2.48 bits per heavy atom. The van der Waals surface area contributed by atoms with Gasteiger partial charge in [-0.1, -0.05) is 44.5 Å². The highest BCUT2D eigenvalue weighted by molar-refractivity contribution is 6.08. The van der Waals surface area contributed by atoms with Crippen LogP contribution in [0, 0.1) is 5.92 Å². The Hall–Kier alpha value is -3.35. The van der Waals surface area contributed by atoms with Gasteiger partial charge in [-0.05, 0) is 49.6 Å². The molecule has 174 valence electrons. The van der Waals surface area contributed by atoms with E-state index in [1.54, 1.807) is 11.8 Å². The van der Waals surface area contributed by atoms with E-state index in [1.807, 2.05) is 53.1 Å². The fourth-order valence-corrected chi connectivity index (χ4v) is 4.36. The van der Waals surface area contributed by atoms with Crippen molar-refractivity contribution in [3.63, 3.8) is 0 Å². The van der Waals surface area contributed by atoms with Gasteiger partial charge in [-0.2, -0.15) is 0 Å². The normalized spacial score (nSPS) is 17.8. The quantitative estimate of drug-likeness (QED) is 0.348. The number of imidazole rings is 1. The van der Waals surface area contributed by atoms with E-state index in [0.717, 1.165) is 41.6 Å². The minimum atomic E-state index is -0.991. The van der Waals surface area contributed by atoms with Gasteiger partial charge in [-0.25, -0.2) is 4.98 Å². The largest absolute Gasteiger partial charge is 0.494 e. The summed E-state index contributed by atoms with van der Waals surface area (Å²) in [6.07, 6.45) is 2.66. The van der Waals surface area contributed by atoms with Gasteiger partial charge in [0.15, 0.2) is 5.92 Å². The number of fused-ring (bicyclic) bond motifs is 3. The molecule has 0 radical (unpaired) electrons. The molecule has 2 heterocycles. The van der Waals surface area contributed by atoms with Crippen molar-refractivity contribution in [2.45, 2.75) is 46.1 Å². The summed E-state index contributed by atoms with van der Waals surface area (Å²) >= 11 is 0. The number of benzene rings is 2. The molecule has 0 N–H and O–H groups in total. The topological polar surface area (TPSA) is 73.7 Å². The van der Waals surface area contributed by atoms with Gasteiger partial charge in [0.05, 0.1) is 30.3 Å². The smallest absolute Gasteiger partial charge is 0.321 e. The van der Waals surface area contributed by atoms with Crippen LogP contribution in [0.15, 0.2) is 48.5 Å². The van der Waals surface area contributed by atoms with E-state index in [0.29, 0.717) is 19.1 Å². The van der Waals surface area contributed by atoms with Crippen LogP contribution in [0.3, 0.4) is 0 Å². The van der Waals surface area contributed by atoms with Crippen molar-refractivity contribution in [3.05, 3.63) is 54.1 Å². The van der Waals surface area contributed by atoms with Gasteiger partial charge in [-0.15, -0.1) is 0 Å². The van der Waals surface area contributed by atoms with E-state index in [4.69, 9.17) is 14.5 Å². The first-order valence-corrected chi connectivity index (χ1v) is 11.8. The molecule has 0 aliphatic carbocycles. The monoisotopic (exact) mass is 449 g/mol. The number of hydrogen-bond acceptors (Lipinski definition) is 5. The maximum absolute atomic E-state index is 13.7. The lowest BCUT2D eigenvalue weighted by atomic mass is 9.89. The molecule has 0 saturated carbocycles. The van der Waals surface area contributed by atoms with Gasteiger partial charge in [0.1, 0.15) is 5.75 Å². The molecule has 0 spiro atoms. The molecule has 2 aromatic carbocycles. The minimum absolute atomic E-state index is 0.214. The molecule has 7 nitrogen and oxygen atoms in total. The number of aromatic nitrogens is 2. The molecule has 1 amide bonds. The molecule has 7 heteroatoms. The van der Waals surface area contributed by atoms with Crippen LogP contribution in [0.1, 0.15) is 51.6 Å². The Balaban J connectivity index is 1.88. The highest BCUT2D eigenvalue weighted by atomic mass is 16.5. The van der Waals surface area contributed by atoms with Crippen molar-refractivity contribution < 1.29 is 19.1 Å². The molecular formula is C26H31N3O4. The zero-order valence-corrected chi connectivity index (χ0v) is 19.5. The fourth-order valence-electron chi connectivity index (χ4n) is 4.36. The van der Waals surface area contributed by atoms with Crippen LogP contribution < -0.4 is 9.64 Å². The maximum atomic E-state index is 13.7. The van der Waals surface area contributed by atoms with Crippen LogP contribution >= 0.6 is 0 Å². The molecule has 0 saturated heterocycles. The minimum Gasteiger partial charge on any atom is -0.494 e. The number of hydrogen-bond donors (Lipinski definition) is 0. The summed E-state index contributed by atoms with van der Waals surface area (Å²) in [5.74, 6) is -0.429. The van der Waals surface area contributed by atoms with Crippen molar-refractivity contribution in [2.75, 3.05) is 24.7 Å². The number of anilines is 1. The highest BCUT2D eigenvalue weighted by Crippen LogP contribution is 2.41. The zero-order chi connectivity index (χ0) is 23.4. The third kappa shape index (κ3) is 4.32. The summed E-state index contributed by atoms with van der Waals surface area (Å²) < 4.78 is 13.1. The number of amides is 1. The molecule has 0 bridgehead atoms. The first-order valence-electron chi connectivity index (χ1n) is 11.8. The van der Waals surface area contributed by atoms with Crippen LogP contribution in [0.25, 0.3) is 11.0 Å². The van der Waals surface area contributed by atoms with Crippen LogP contribution in [-0.2, 0) is 14.3 Å². The summed E-state index contributed by atoms with van der Waals surface area (Å²) in [6, 6.07) is 14.9. The average Bonchev–Trinajstić information content (AvgIpc) is 3.21. The average molecular weight is 450 g/mol. The van der Waals surface area contributed by atoms with E-state index < -0.39 is 17.9 Å². The third-order valence-corrected chi connectivity index (χ3v) is 5.91. The first-order chi connectivity index (χ1) is 16.1. The second-order valence-electron chi connectivity index (χ2n) is 8.21. The maximum Gasteiger partial charge on any atom is 0.321 e. The molecular weight excluding hydrogens is 418 g/mol. The first kappa shape index (κ1) is 22.8. The Kier molecular flexibility index (Phi) is 6.96. The molecule has 0 unspecified atom stereocenters. The van der Waals surface area contributed by atoms with E-state index in [2.05, 4.69) is 13.8 Å². The van der Waals surface area contributed by atoms with Crippen LogP contribution in [-0.4, -0.2) is 41.2 Å². The number of unbranched alkanes of at least 4 members (excludes halogenated alkanes) is 1. The molecule has 3 aromatic rings. The summed E-state index contributed by atoms with van der Waals surface area (Å²) in [5.41, 5.74) is 2.51. The zero-order valence-electron chi connectivity index (χ0n) is 19.5. The SMILES string of the molecule is CCCCN1C(=O)[C@@H](C(=O)OCC)[C@H](c2ccc(OCCC)cc2)n2c1nc1ccccc12. The lowest BCUT2D eigenvalue weighted by Crippen LogP contribution is -2.50. The van der Waals surface area contributed by atoms with E-state index in [1.165, 1.54) is 0 Å². The number of ether oxygens (including phenoxy) is 2. The third-order valence-electron chi connectivity index (χ3n) is 5.91. The van der Waals surface area contributed by atoms with Gasteiger partial charge in [-0.3, -0.25) is 14.5 Å². The second kappa shape index (κ2) is 10.1. The highest BCUT2D eigenvalue weighted by Gasteiger charge is 2.47. The van der Waals surface area contributed by atoms with Crippen LogP contribution in [0.4, 0.5) is 5.95 Å². The van der Waals surface area contributed by atoms with Crippen LogP contribution in [0.2, 0.25) is 0 Å². The van der Waals surface area contributed by atoms with Crippen molar-refractivity contribution in [1.82, 2.24) is 9.55 Å². The molecule has 0 fully saturated rings. The molecule has 1 aliphatic heterocycles. The van der Waals surface area contributed by atoms with Gasteiger partial charge in [0, 0.05) is 6.54 Å². The number of rotatable bonds is 9. The molecule has 4 rings (SSSR count).